The minimum atomic E-state index is -0.981. The number of carbonyl (C=O) groups excluding carboxylic acids is 3. The molecule has 2 atom stereocenters. The maximum Gasteiger partial charge on any atom is 0.408 e. The number of phenols is 1. The average molecular weight is 454 g/mol. The van der Waals surface area contributed by atoms with E-state index in [-0.39, 0.29) is 30.0 Å². The number of ether oxygens (including phenoxy) is 1. The molecule has 3 amide bonds. The summed E-state index contributed by atoms with van der Waals surface area (Å²) in [6.07, 6.45) is -0.736. The second-order valence-electron chi connectivity index (χ2n) is 8.62. The number of carbonyl (C=O) groups is 3. The highest BCUT2D eigenvalue weighted by atomic mass is 32.1. The molecule has 0 saturated carbocycles. The molecule has 0 heterocycles. The Morgan fingerprint density at radius 3 is 2.26 bits per heavy atom. The lowest BCUT2D eigenvalue weighted by Gasteiger charge is -2.34. The fraction of sp³-hybridized carbons (Fsp3) is 0.591. The van der Waals surface area contributed by atoms with Gasteiger partial charge in [0.1, 0.15) is 23.4 Å². The first-order valence-electron chi connectivity index (χ1n) is 10.3. The summed E-state index contributed by atoms with van der Waals surface area (Å²) >= 11 is 4.22. The number of alkyl carbamates (subject to hydrolysis) is 1. The quantitative estimate of drug-likeness (QED) is 0.453. The summed E-state index contributed by atoms with van der Waals surface area (Å²) in [7, 11) is 0. The molecule has 2 unspecified atom stereocenters. The predicted molar refractivity (Wildman–Crippen MR) is 123 cm³/mol. The molecular formula is C22H35N3O5S. The zero-order valence-corrected chi connectivity index (χ0v) is 20.2. The van der Waals surface area contributed by atoms with Gasteiger partial charge in [-0.25, -0.2) is 4.79 Å². The van der Waals surface area contributed by atoms with E-state index >= 15 is 0 Å². The molecule has 31 heavy (non-hydrogen) atoms. The summed E-state index contributed by atoms with van der Waals surface area (Å²) < 4.78 is 5.25. The lowest BCUT2D eigenvalue weighted by molar-refractivity contribution is -0.142. The summed E-state index contributed by atoms with van der Waals surface area (Å²) in [4.78, 5) is 40.0. The average Bonchev–Trinajstić information content (AvgIpc) is 2.63. The zero-order chi connectivity index (χ0) is 23.9. The number of phenolic OH excluding ortho intramolecular Hbond substituents is 1. The van der Waals surface area contributed by atoms with Crippen LogP contribution >= 0.6 is 12.6 Å². The highest BCUT2D eigenvalue weighted by molar-refractivity contribution is 7.80. The highest BCUT2D eigenvalue weighted by Crippen LogP contribution is 2.27. The van der Waals surface area contributed by atoms with Crippen LogP contribution in [-0.4, -0.2) is 57.9 Å². The zero-order valence-electron chi connectivity index (χ0n) is 19.4. The molecule has 9 heteroatoms. The van der Waals surface area contributed by atoms with Gasteiger partial charge in [-0.15, -0.1) is 0 Å². The second-order valence-corrected chi connectivity index (χ2v) is 8.98. The van der Waals surface area contributed by atoms with E-state index in [4.69, 9.17) is 4.74 Å². The van der Waals surface area contributed by atoms with Crippen molar-refractivity contribution in [2.24, 2.45) is 0 Å². The van der Waals surface area contributed by atoms with Gasteiger partial charge in [0, 0.05) is 18.3 Å². The lowest BCUT2D eigenvalue weighted by atomic mass is 10.00. The van der Waals surface area contributed by atoms with Crippen LogP contribution in [0.15, 0.2) is 18.2 Å². The van der Waals surface area contributed by atoms with Crippen LogP contribution in [0, 0.1) is 6.92 Å². The van der Waals surface area contributed by atoms with E-state index in [9.17, 15) is 19.5 Å². The smallest absolute Gasteiger partial charge is 0.408 e. The number of likely N-dealkylation sites (N-methyl/N-ethyl adjacent to an activating group) is 1. The summed E-state index contributed by atoms with van der Waals surface area (Å²) in [6.45, 7) is 12.5. The molecule has 0 fully saturated rings. The van der Waals surface area contributed by atoms with Crippen molar-refractivity contribution in [3.8, 4) is 5.75 Å². The van der Waals surface area contributed by atoms with Crippen LogP contribution in [0.5, 0.6) is 5.75 Å². The fourth-order valence-corrected chi connectivity index (χ4v) is 3.23. The van der Waals surface area contributed by atoms with Gasteiger partial charge >= 0.3 is 6.09 Å². The van der Waals surface area contributed by atoms with Gasteiger partial charge in [0.25, 0.3) is 0 Å². The van der Waals surface area contributed by atoms with Crippen LogP contribution < -0.4 is 10.6 Å². The standard InChI is InChI=1S/C22H35N3O5S/c1-8-25(20(28)16(12-31)24-21(29)30-22(5,6)7)18(19(27)23-13(2)3)15-9-10-17(26)14(4)11-15/h9-11,13,16,18,26,31H,8,12H2,1-7H3,(H,23,27)(H,24,29). The Balaban J connectivity index is 3.28. The lowest BCUT2D eigenvalue weighted by Crippen LogP contribution is -2.54. The van der Waals surface area contributed by atoms with Crippen LogP contribution in [0.2, 0.25) is 0 Å². The molecule has 0 aliphatic rings. The number of nitrogens with zero attached hydrogens (tertiary/aromatic N) is 1. The van der Waals surface area contributed by atoms with Gasteiger partial charge in [0.15, 0.2) is 0 Å². The second kappa shape index (κ2) is 11.3. The molecule has 0 saturated heterocycles. The largest absolute Gasteiger partial charge is 0.508 e. The molecule has 1 rings (SSSR count). The number of hydrogen-bond donors (Lipinski definition) is 4. The highest BCUT2D eigenvalue weighted by Gasteiger charge is 2.35. The fourth-order valence-electron chi connectivity index (χ4n) is 2.99. The SMILES string of the molecule is CCN(C(=O)C(CS)NC(=O)OC(C)(C)C)C(C(=O)NC(C)C)c1ccc(O)c(C)c1. The first-order valence-corrected chi connectivity index (χ1v) is 10.9. The third kappa shape index (κ3) is 7.97. The number of hydrogen-bond acceptors (Lipinski definition) is 6. The number of nitrogens with one attached hydrogen (secondary N) is 2. The molecule has 174 valence electrons. The molecule has 1 aromatic rings. The number of rotatable bonds is 8. The summed E-state index contributed by atoms with van der Waals surface area (Å²) in [5.74, 6) is -0.689. The Morgan fingerprint density at radius 1 is 1.19 bits per heavy atom. The summed E-state index contributed by atoms with van der Waals surface area (Å²) in [5.41, 5.74) is 0.418. The van der Waals surface area contributed by atoms with E-state index in [2.05, 4.69) is 23.3 Å². The van der Waals surface area contributed by atoms with E-state index in [1.807, 2.05) is 13.8 Å². The summed E-state index contributed by atoms with van der Waals surface area (Å²) in [5, 5.41) is 15.3. The van der Waals surface area contributed by atoms with Gasteiger partial charge in [-0.3, -0.25) is 9.59 Å². The molecule has 0 radical (unpaired) electrons. The van der Waals surface area contributed by atoms with Crippen LogP contribution in [0.4, 0.5) is 4.79 Å². The molecule has 8 nitrogen and oxygen atoms in total. The first-order chi connectivity index (χ1) is 14.3. The molecule has 0 spiro atoms. The van der Waals surface area contributed by atoms with Gasteiger partial charge in [-0.1, -0.05) is 6.07 Å². The van der Waals surface area contributed by atoms with Crippen molar-refractivity contribution >= 4 is 30.5 Å². The van der Waals surface area contributed by atoms with Crippen molar-refractivity contribution in [3.63, 3.8) is 0 Å². The predicted octanol–water partition coefficient (Wildman–Crippen LogP) is 2.94. The third-order valence-electron chi connectivity index (χ3n) is 4.32. The number of thiol groups is 1. The van der Waals surface area contributed by atoms with Gasteiger partial charge in [-0.05, 0) is 71.7 Å². The molecule has 0 aromatic heterocycles. The number of amides is 3. The van der Waals surface area contributed by atoms with E-state index in [0.717, 1.165) is 0 Å². The Morgan fingerprint density at radius 2 is 1.81 bits per heavy atom. The van der Waals surface area contributed by atoms with E-state index in [1.54, 1.807) is 46.8 Å². The number of aromatic hydroxyl groups is 1. The van der Waals surface area contributed by atoms with Gasteiger partial charge in [0.05, 0.1) is 0 Å². The Hall–Kier alpha value is -2.42. The van der Waals surface area contributed by atoms with Crippen LogP contribution in [0.25, 0.3) is 0 Å². The molecule has 3 N–H and O–H groups in total. The van der Waals surface area contributed by atoms with E-state index in [1.165, 1.54) is 11.0 Å². The van der Waals surface area contributed by atoms with Crippen molar-refractivity contribution < 1.29 is 24.2 Å². The van der Waals surface area contributed by atoms with Crippen LogP contribution in [0.3, 0.4) is 0 Å². The molecule has 0 aliphatic carbocycles. The van der Waals surface area contributed by atoms with Crippen molar-refractivity contribution in [1.82, 2.24) is 15.5 Å². The maximum atomic E-state index is 13.3. The van der Waals surface area contributed by atoms with Gasteiger partial charge in [-0.2, -0.15) is 12.6 Å². The van der Waals surface area contributed by atoms with Crippen molar-refractivity contribution in [2.75, 3.05) is 12.3 Å². The Bertz CT molecular complexity index is 792. The normalized spacial score (nSPS) is 13.3. The number of aryl methyl sites for hydroxylation is 1. The van der Waals surface area contributed by atoms with Crippen molar-refractivity contribution in [1.29, 1.82) is 0 Å². The Labute approximate surface area is 190 Å². The van der Waals surface area contributed by atoms with Gasteiger partial charge in [0.2, 0.25) is 11.8 Å². The molecular weight excluding hydrogens is 418 g/mol. The third-order valence-corrected chi connectivity index (χ3v) is 4.69. The first kappa shape index (κ1) is 26.6. The van der Waals surface area contributed by atoms with E-state index in [0.29, 0.717) is 11.1 Å². The topological polar surface area (TPSA) is 108 Å². The molecule has 1 aromatic carbocycles. The minimum absolute atomic E-state index is 0.0295. The minimum Gasteiger partial charge on any atom is -0.508 e. The maximum absolute atomic E-state index is 13.3. The van der Waals surface area contributed by atoms with Crippen molar-refractivity contribution in [2.45, 2.75) is 72.2 Å². The Kier molecular flexibility index (Phi) is 9.68. The molecule has 0 bridgehead atoms. The molecule has 0 aliphatic heterocycles. The van der Waals surface area contributed by atoms with E-state index < -0.39 is 29.7 Å². The van der Waals surface area contributed by atoms with Crippen molar-refractivity contribution in [3.05, 3.63) is 29.3 Å². The van der Waals surface area contributed by atoms with Crippen LogP contribution in [-0.2, 0) is 14.3 Å². The monoisotopic (exact) mass is 453 g/mol. The number of benzene rings is 1. The summed E-state index contributed by atoms with van der Waals surface area (Å²) in [6, 6.07) is 2.72. The van der Waals surface area contributed by atoms with Crippen LogP contribution in [0.1, 0.15) is 58.7 Å². The van der Waals surface area contributed by atoms with Gasteiger partial charge < -0.3 is 25.4 Å².